The number of aliphatic hydroxyl groups is 1. The van der Waals surface area contributed by atoms with Gasteiger partial charge in [0.05, 0.1) is 18.7 Å². The molecule has 0 spiro atoms. The highest BCUT2D eigenvalue weighted by molar-refractivity contribution is 6.30. The number of aliphatic hydroxyl groups excluding tert-OH is 1. The molecule has 1 aliphatic heterocycles. The molecule has 8 rings (SSSR count). The Morgan fingerprint density at radius 2 is 0.985 bits per heavy atom. The maximum atomic E-state index is 15.5. The van der Waals surface area contributed by atoms with Crippen molar-refractivity contribution in [3.8, 4) is 5.75 Å². The Labute approximate surface area is 765 Å². The van der Waals surface area contributed by atoms with Crippen molar-refractivity contribution in [1.29, 1.82) is 0 Å². The summed E-state index contributed by atoms with van der Waals surface area (Å²) in [5.74, 6) is -12.2. The maximum Gasteiger partial charge on any atom is 0.272 e. The highest BCUT2D eigenvalue weighted by atomic mass is 35.5. The molecule has 17 N–H and O–H groups in total. The van der Waals surface area contributed by atoms with E-state index in [1.165, 1.54) is 91.9 Å². The van der Waals surface area contributed by atoms with Crippen LogP contribution in [0.2, 0.25) is 5.02 Å². The van der Waals surface area contributed by atoms with Gasteiger partial charge < -0.3 is 94.9 Å². The molecule has 0 bridgehead atoms. The van der Waals surface area contributed by atoms with Gasteiger partial charge in [-0.05, 0) is 185 Å². The van der Waals surface area contributed by atoms with E-state index in [1.54, 1.807) is 80.7 Å². The lowest BCUT2D eigenvalue weighted by molar-refractivity contribution is -0.142. The molecule has 15 amide bonds. The number of pyridine rings is 4. The van der Waals surface area contributed by atoms with E-state index >= 15 is 28.8 Å². The van der Waals surface area contributed by atoms with Gasteiger partial charge in [0, 0.05) is 107 Å². The average Bonchev–Trinajstić information content (AvgIpc) is 1.71. The molecule has 702 valence electrons. The van der Waals surface area contributed by atoms with Crippen molar-refractivity contribution < 1.29 is 82.1 Å². The van der Waals surface area contributed by atoms with Crippen LogP contribution in [0.5, 0.6) is 5.75 Å². The molecule has 37 nitrogen and oxygen atoms in total. The minimum absolute atomic E-state index is 0.00979. The number of primary amides is 1. The van der Waals surface area contributed by atoms with Gasteiger partial charge in [0.1, 0.15) is 83.6 Å². The zero-order valence-electron chi connectivity index (χ0n) is 74.7. The maximum absolute atomic E-state index is 15.5. The number of benzene rings is 3. The van der Waals surface area contributed by atoms with E-state index in [9.17, 15) is 53.4 Å². The van der Waals surface area contributed by atoms with Crippen LogP contribution in [0.3, 0.4) is 0 Å². The van der Waals surface area contributed by atoms with Gasteiger partial charge >= 0.3 is 0 Å². The number of para-hydroxylation sites is 1. The highest BCUT2D eigenvalue weighted by Gasteiger charge is 2.41. The van der Waals surface area contributed by atoms with Crippen molar-refractivity contribution >= 4 is 111 Å². The summed E-state index contributed by atoms with van der Waals surface area (Å²) in [5, 5.41) is 58.7. The molecule has 1 aliphatic rings. The van der Waals surface area contributed by atoms with Crippen LogP contribution in [0.15, 0.2) is 158 Å². The van der Waals surface area contributed by atoms with Crippen LogP contribution in [0.25, 0.3) is 10.9 Å². The van der Waals surface area contributed by atoms with Crippen molar-refractivity contribution in [2.24, 2.45) is 11.7 Å². The van der Waals surface area contributed by atoms with Crippen molar-refractivity contribution in [3.05, 3.63) is 197 Å². The molecule has 0 saturated carbocycles. The fraction of sp³-hybridized carbons (Fsp3) is 0.452. The third kappa shape index (κ3) is 34.5. The Hall–Kier alpha value is -13.4. The second-order valence-electron chi connectivity index (χ2n) is 33.2. The van der Waals surface area contributed by atoms with Crippen molar-refractivity contribution in [1.82, 2.24) is 98.9 Å². The number of rotatable bonds is 52. The number of unbranched alkanes of at least 4 members (excludes halogenated alkanes) is 3. The van der Waals surface area contributed by atoms with Gasteiger partial charge in [0.15, 0.2) is 0 Å². The SMILES string of the molecule is CC(=O)N[C@H](Cc1cnc2ccccc2c1)C(=O)N[C@H](Cc1ccc(Cl)cc1)C(=O)N[C@H](Cc1cccnc1)C(=O)N[C@@H](CO)C(=O)N[C@@H](Cc1ccc(O)cc1)C(=O)N[C@@H](CCCCNC(=O)CN(C)C(=O)c1ccccn1)C(=O)N[C@H](CCCCNC(=O)c1ccccn1)C(=O)N[C@@H](CC(C)C)C(=O)N[C@@H](CCCCNC(C)C)C(=O)N1CCC[C@H]1C(=O)N[C@H](C)C(N)=O. The smallest absolute Gasteiger partial charge is 0.272 e. The summed E-state index contributed by atoms with van der Waals surface area (Å²) in [5.41, 5.74) is 8.22. The summed E-state index contributed by atoms with van der Waals surface area (Å²) < 4.78 is 0. The molecule has 38 heteroatoms. The molecule has 1 fully saturated rings. The van der Waals surface area contributed by atoms with E-state index < -0.39 is 168 Å². The van der Waals surface area contributed by atoms with Crippen LogP contribution in [0, 0.1) is 5.92 Å². The number of likely N-dealkylation sites (tertiary alicyclic amines) is 1. The summed E-state index contributed by atoms with van der Waals surface area (Å²) in [7, 11) is 1.42. The Morgan fingerprint density at radius 3 is 1.53 bits per heavy atom. The van der Waals surface area contributed by atoms with E-state index in [0.717, 1.165) is 5.39 Å². The molecule has 0 aliphatic carbocycles. The number of aromatic nitrogens is 4. The second-order valence-corrected chi connectivity index (χ2v) is 33.6. The van der Waals surface area contributed by atoms with Gasteiger partial charge in [-0.1, -0.05) is 100.0 Å². The van der Waals surface area contributed by atoms with Gasteiger partial charge in [0.2, 0.25) is 76.8 Å². The fourth-order valence-corrected chi connectivity index (χ4v) is 14.8. The largest absolute Gasteiger partial charge is 0.508 e. The number of nitrogens with two attached hydrogens (primary N) is 1. The summed E-state index contributed by atoms with van der Waals surface area (Å²) >= 11 is 6.28. The lowest BCUT2D eigenvalue weighted by Crippen LogP contribution is -2.61. The van der Waals surface area contributed by atoms with Gasteiger partial charge in [-0.15, -0.1) is 0 Å². The number of likely N-dealkylation sites (N-methyl/N-ethyl adjacent to an activating group) is 1. The first kappa shape index (κ1) is 103. The van der Waals surface area contributed by atoms with E-state index in [2.05, 4.69) is 89.1 Å². The van der Waals surface area contributed by atoms with E-state index in [4.69, 9.17) is 17.3 Å². The van der Waals surface area contributed by atoms with Gasteiger partial charge in [-0.25, -0.2) is 0 Å². The Bertz CT molecular complexity index is 5010. The summed E-state index contributed by atoms with van der Waals surface area (Å²) in [6.45, 7) is 9.46. The number of nitrogens with one attached hydrogen (secondary N) is 13. The van der Waals surface area contributed by atoms with Gasteiger partial charge in [0.25, 0.3) is 11.8 Å². The number of carbonyl (C=O) groups excluding carboxylic acids is 15. The number of halogens is 1. The highest BCUT2D eigenvalue weighted by Crippen LogP contribution is 2.23. The number of nitrogens with zero attached hydrogens (tertiary/aromatic N) is 6. The number of amides is 15. The van der Waals surface area contributed by atoms with Crippen molar-refractivity contribution in [2.45, 2.75) is 217 Å². The van der Waals surface area contributed by atoms with Crippen LogP contribution in [-0.2, 0) is 88.0 Å². The molecular weight excluding hydrogens is 1700 g/mol. The molecule has 0 unspecified atom stereocenters. The quantitative estimate of drug-likeness (QED) is 0.0243. The standard InChI is InChI=1S/C93H121ClN20O17/c1-56(2)46-73(85(123)107-72(29-14-15-40-97-57(3)4)93(131)114-45-21-30-79(114)91(129)103-58(5)81(95)119)108-84(122)70(27-12-19-44-101-82(120)68-25-10-16-41-98-68)105-83(121)69(26-11-18-43-100-80(118)54-113(7)92(130)71-28-13-17-42-99-71)106-87(125)75(49-61-33-37-66(117)38-34-61)111-90(128)78(55-115)112-89(127)77(50-62-22-20-39-96-52-62)110-88(126)76(48-60-31-35-65(94)36-32-60)109-86(124)74(104-59(6)116)51-63-47-64-23-8-9-24-67(64)102-53-63/h8-10,13,16-17,20,22-25,28,31-39,41-42,47,52-53,56-58,69-70,72-79,97,115,117H,11-12,14-15,18-19,21,26-27,29-30,40,43-46,48-51,54-55H2,1-7H3,(H2,95,119)(H,100,118)(H,101,120)(H,103,129)(H,104,116)(H,105,121)(H,106,125)(H,107,123)(H,108,122)(H,109,124)(H,110,126)(H,111,128)(H,112,127)/t58-,69+,70-,72+,73+,74-,75+,76-,77-,78+,79+/m1/s1. The molecule has 3 aromatic carbocycles. The van der Waals surface area contributed by atoms with Crippen molar-refractivity contribution in [2.75, 3.05) is 46.4 Å². The topological polar surface area (TPSA) is 537 Å². The van der Waals surface area contributed by atoms with E-state index in [1.807, 2.05) is 44.2 Å². The molecule has 11 atom stereocenters. The zero-order valence-corrected chi connectivity index (χ0v) is 75.5. The third-order valence-corrected chi connectivity index (χ3v) is 21.9. The van der Waals surface area contributed by atoms with Crippen LogP contribution in [-0.4, -0.2) is 247 Å². The lowest BCUT2D eigenvalue weighted by atomic mass is 10.00. The summed E-state index contributed by atoms with van der Waals surface area (Å²) in [4.78, 5) is 233. The Morgan fingerprint density at radius 1 is 0.496 bits per heavy atom. The fourth-order valence-electron chi connectivity index (χ4n) is 14.6. The summed E-state index contributed by atoms with van der Waals surface area (Å²) in [6.07, 6.45) is 8.32. The molecule has 5 heterocycles. The van der Waals surface area contributed by atoms with Crippen LogP contribution < -0.4 is 74.9 Å². The molecule has 1 saturated heterocycles. The normalized spacial score (nSPS) is 14.6. The molecule has 7 aromatic rings. The van der Waals surface area contributed by atoms with Crippen LogP contribution in [0.1, 0.15) is 162 Å². The van der Waals surface area contributed by atoms with Gasteiger partial charge in [-0.3, -0.25) is 91.9 Å². The monoisotopic (exact) mass is 1820 g/mol. The average molecular weight is 1830 g/mol. The number of phenolic OH excluding ortho intramolecular Hbond substituents is 1. The molecular formula is C93H121ClN20O17. The number of phenols is 1. The number of fused-ring (bicyclic) bond motifs is 1. The first-order valence-corrected chi connectivity index (χ1v) is 44.4. The number of hydrogen-bond acceptors (Lipinski definition) is 22. The predicted octanol–water partition coefficient (Wildman–Crippen LogP) is 2.28. The molecule has 4 aromatic heterocycles. The first-order chi connectivity index (χ1) is 62.7. The Balaban J connectivity index is 1.08. The van der Waals surface area contributed by atoms with E-state index in [0.29, 0.717) is 58.6 Å². The third-order valence-electron chi connectivity index (χ3n) is 21.7. The zero-order chi connectivity index (χ0) is 95.1. The minimum atomic E-state index is -1.91. The van der Waals surface area contributed by atoms with Crippen LogP contribution >= 0.6 is 11.6 Å². The second kappa shape index (κ2) is 52.9. The molecule has 0 radical (unpaired) electrons. The first-order valence-electron chi connectivity index (χ1n) is 44.0. The Kier molecular flexibility index (Phi) is 41.6. The van der Waals surface area contributed by atoms with E-state index in [-0.39, 0.29) is 132 Å². The number of hydrogen-bond donors (Lipinski definition) is 16. The number of carbonyl (C=O) groups is 15. The predicted molar refractivity (Wildman–Crippen MR) is 487 cm³/mol. The van der Waals surface area contributed by atoms with Crippen molar-refractivity contribution in [3.63, 3.8) is 0 Å². The molecule has 131 heavy (non-hydrogen) atoms. The van der Waals surface area contributed by atoms with Crippen LogP contribution in [0.4, 0.5) is 0 Å². The minimum Gasteiger partial charge on any atom is -0.508 e. The number of aromatic hydroxyl groups is 1. The lowest BCUT2D eigenvalue weighted by Gasteiger charge is -2.31. The van der Waals surface area contributed by atoms with Gasteiger partial charge in [-0.2, -0.15) is 0 Å². The summed E-state index contributed by atoms with van der Waals surface area (Å²) in [6, 6.07) is 18.1.